The SMILES string of the molecule is Cc1ccc(OCCc2nccc(N)n2)cc1. The Morgan fingerprint density at radius 1 is 1.18 bits per heavy atom. The Bertz CT molecular complexity index is 482. The van der Waals surface area contributed by atoms with E-state index in [0.717, 1.165) is 5.75 Å². The number of nitrogens with two attached hydrogens (primary N) is 1. The summed E-state index contributed by atoms with van der Waals surface area (Å²) in [5, 5.41) is 0. The van der Waals surface area contributed by atoms with Gasteiger partial charge in [-0.2, -0.15) is 0 Å². The quantitative estimate of drug-likeness (QED) is 0.871. The molecule has 0 atom stereocenters. The summed E-state index contributed by atoms with van der Waals surface area (Å²) in [4.78, 5) is 8.22. The molecule has 4 nitrogen and oxygen atoms in total. The summed E-state index contributed by atoms with van der Waals surface area (Å²) >= 11 is 0. The van der Waals surface area contributed by atoms with Crippen molar-refractivity contribution in [2.75, 3.05) is 12.3 Å². The van der Waals surface area contributed by atoms with Crippen molar-refractivity contribution in [3.05, 3.63) is 47.9 Å². The second kappa shape index (κ2) is 5.30. The first-order valence-electron chi connectivity index (χ1n) is 5.51. The molecule has 0 saturated heterocycles. The molecule has 0 bridgehead atoms. The average molecular weight is 229 g/mol. The number of nitrogens with zero attached hydrogens (tertiary/aromatic N) is 2. The molecule has 2 aromatic rings. The Morgan fingerprint density at radius 2 is 1.94 bits per heavy atom. The normalized spacial score (nSPS) is 10.2. The van der Waals surface area contributed by atoms with Crippen LogP contribution in [-0.2, 0) is 6.42 Å². The van der Waals surface area contributed by atoms with Gasteiger partial charge in [-0.05, 0) is 25.1 Å². The van der Waals surface area contributed by atoms with E-state index < -0.39 is 0 Å². The van der Waals surface area contributed by atoms with Crippen LogP contribution in [0.2, 0.25) is 0 Å². The molecule has 88 valence electrons. The number of ether oxygens (including phenoxy) is 1. The lowest BCUT2D eigenvalue weighted by molar-refractivity contribution is 0.319. The monoisotopic (exact) mass is 229 g/mol. The number of anilines is 1. The minimum absolute atomic E-state index is 0.491. The van der Waals surface area contributed by atoms with E-state index in [1.54, 1.807) is 12.3 Å². The lowest BCUT2D eigenvalue weighted by Crippen LogP contribution is -2.06. The van der Waals surface area contributed by atoms with E-state index >= 15 is 0 Å². The first kappa shape index (κ1) is 11.4. The highest BCUT2D eigenvalue weighted by Gasteiger charge is 1.98. The van der Waals surface area contributed by atoms with Gasteiger partial charge in [0.1, 0.15) is 17.4 Å². The summed E-state index contributed by atoms with van der Waals surface area (Å²) in [5.41, 5.74) is 6.79. The van der Waals surface area contributed by atoms with Gasteiger partial charge < -0.3 is 10.5 Å². The number of aromatic nitrogens is 2. The summed E-state index contributed by atoms with van der Waals surface area (Å²) in [6.45, 7) is 2.59. The summed E-state index contributed by atoms with van der Waals surface area (Å²) < 4.78 is 5.58. The van der Waals surface area contributed by atoms with Gasteiger partial charge in [0.15, 0.2) is 0 Å². The first-order chi connectivity index (χ1) is 8.24. The number of aryl methyl sites for hydroxylation is 1. The molecule has 4 heteroatoms. The highest BCUT2D eigenvalue weighted by atomic mass is 16.5. The van der Waals surface area contributed by atoms with Crippen LogP contribution in [0, 0.1) is 6.92 Å². The van der Waals surface area contributed by atoms with Crippen molar-refractivity contribution >= 4 is 5.82 Å². The fourth-order valence-electron chi connectivity index (χ4n) is 1.43. The van der Waals surface area contributed by atoms with Gasteiger partial charge in [0, 0.05) is 12.6 Å². The van der Waals surface area contributed by atoms with Crippen LogP contribution >= 0.6 is 0 Å². The van der Waals surface area contributed by atoms with Gasteiger partial charge in [0.2, 0.25) is 0 Å². The molecular formula is C13H15N3O. The predicted octanol–water partition coefficient (Wildman–Crippen LogP) is 1.99. The maximum absolute atomic E-state index is 5.58. The van der Waals surface area contributed by atoms with Crippen LogP contribution in [0.25, 0.3) is 0 Å². The van der Waals surface area contributed by atoms with Crippen molar-refractivity contribution < 1.29 is 4.74 Å². The second-order valence-corrected chi connectivity index (χ2v) is 3.81. The fraction of sp³-hybridized carbons (Fsp3) is 0.231. The molecule has 0 spiro atoms. The van der Waals surface area contributed by atoms with Gasteiger partial charge in [0.25, 0.3) is 0 Å². The molecule has 17 heavy (non-hydrogen) atoms. The Hall–Kier alpha value is -2.10. The standard InChI is InChI=1S/C13H15N3O/c1-10-2-4-11(5-3-10)17-9-7-13-15-8-6-12(14)16-13/h2-6,8H,7,9H2,1H3,(H2,14,15,16). The van der Waals surface area contributed by atoms with Crippen LogP contribution < -0.4 is 10.5 Å². The third-order valence-corrected chi connectivity index (χ3v) is 2.34. The van der Waals surface area contributed by atoms with Gasteiger partial charge >= 0.3 is 0 Å². The van der Waals surface area contributed by atoms with Crippen LogP contribution in [0.1, 0.15) is 11.4 Å². The molecule has 0 amide bonds. The summed E-state index contributed by atoms with van der Waals surface area (Å²) in [6, 6.07) is 9.62. The topological polar surface area (TPSA) is 61.0 Å². The summed E-state index contributed by atoms with van der Waals surface area (Å²) in [5.74, 6) is 2.06. The molecule has 0 radical (unpaired) electrons. The predicted molar refractivity (Wildman–Crippen MR) is 66.8 cm³/mol. The van der Waals surface area contributed by atoms with E-state index in [4.69, 9.17) is 10.5 Å². The molecule has 0 unspecified atom stereocenters. The summed E-state index contributed by atoms with van der Waals surface area (Å²) in [7, 11) is 0. The van der Waals surface area contributed by atoms with E-state index in [2.05, 4.69) is 9.97 Å². The Labute approximate surface area is 100 Å². The molecule has 1 aromatic carbocycles. The van der Waals surface area contributed by atoms with Crippen molar-refractivity contribution in [3.63, 3.8) is 0 Å². The molecular weight excluding hydrogens is 214 g/mol. The second-order valence-electron chi connectivity index (χ2n) is 3.81. The van der Waals surface area contributed by atoms with E-state index in [1.165, 1.54) is 5.56 Å². The maximum atomic E-state index is 5.58. The lowest BCUT2D eigenvalue weighted by Gasteiger charge is -2.05. The van der Waals surface area contributed by atoms with Gasteiger partial charge in [0.05, 0.1) is 6.61 Å². The van der Waals surface area contributed by atoms with E-state index in [0.29, 0.717) is 24.7 Å². The van der Waals surface area contributed by atoms with Gasteiger partial charge in [-0.25, -0.2) is 9.97 Å². The van der Waals surface area contributed by atoms with Crippen LogP contribution in [0.3, 0.4) is 0 Å². The van der Waals surface area contributed by atoms with Crippen molar-refractivity contribution in [2.45, 2.75) is 13.3 Å². The number of rotatable bonds is 4. The largest absolute Gasteiger partial charge is 0.493 e. The van der Waals surface area contributed by atoms with Crippen LogP contribution in [0.5, 0.6) is 5.75 Å². The third-order valence-electron chi connectivity index (χ3n) is 2.34. The number of hydrogen-bond donors (Lipinski definition) is 1. The van der Waals surface area contributed by atoms with E-state index in [-0.39, 0.29) is 0 Å². The molecule has 2 N–H and O–H groups in total. The maximum Gasteiger partial charge on any atom is 0.134 e. The molecule has 0 aliphatic rings. The molecule has 2 rings (SSSR count). The van der Waals surface area contributed by atoms with E-state index in [1.807, 2.05) is 31.2 Å². The zero-order valence-electron chi connectivity index (χ0n) is 9.76. The minimum Gasteiger partial charge on any atom is -0.493 e. The molecule has 0 aliphatic heterocycles. The molecule has 0 fully saturated rings. The number of nitrogen functional groups attached to an aromatic ring is 1. The molecule has 1 heterocycles. The highest BCUT2D eigenvalue weighted by Crippen LogP contribution is 2.11. The van der Waals surface area contributed by atoms with Gasteiger partial charge in [-0.3, -0.25) is 0 Å². The van der Waals surface area contributed by atoms with Crippen molar-refractivity contribution in [2.24, 2.45) is 0 Å². The highest BCUT2D eigenvalue weighted by molar-refractivity contribution is 5.26. The van der Waals surface area contributed by atoms with Crippen molar-refractivity contribution in [3.8, 4) is 5.75 Å². The Morgan fingerprint density at radius 3 is 2.65 bits per heavy atom. The number of benzene rings is 1. The zero-order valence-corrected chi connectivity index (χ0v) is 9.76. The Balaban J connectivity index is 1.85. The smallest absolute Gasteiger partial charge is 0.134 e. The Kier molecular flexibility index (Phi) is 3.55. The lowest BCUT2D eigenvalue weighted by atomic mass is 10.2. The van der Waals surface area contributed by atoms with Crippen LogP contribution in [0.15, 0.2) is 36.5 Å². The molecule has 1 aromatic heterocycles. The molecule has 0 aliphatic carbocycles. The zero-order chi connectivity index (χ0) is 12.1. The summed E-state index contributed by atoms with van der Waals surface area (Å²) in [6.07, 6.45) is 2.31. The average Bonchev–Trinajstić information content (AvgIpc) is 2.32. The first-order valence-corrected chi connectivity index (χ1v) is 5.51. The number of hydrogen-bond acceptors (Lipinski definition) is 4. The van der Waals surface area contributed by atoms with Crippen molar-refractivity contribution in [1.82, 2.24) is 9.97 Å². The van der Waals surface area contributed by atoms with Crippen LogP contribution in [-0.4, -0.2) is 16.6 Å². The van der Waals surface area contributed by atoms with E-state index in [9.17, 15) is 0 Å². The minimum atomic E-state index is 0.491. The van der Waals surface area contributed by atoms with Crippen LogP contribution in [0.4, 0.5) is 5.82 Å². The van der Waals surface area contributed by atoms with Gasteiger partial charge in [-0.1, -0.05) is 17.7 Å². The molecule has 0 saturated carbocycles. The van der Waals surface area contributed by atoms with Gasteiger partial charge in [-0.15, -0.1) is 0 Å². The fourth-order valence-corrected chi connectivity index (χ4v) is 1.43. The third kappa shape index (κ3) is 3.45. The van der Waals surface area contributed by atoms with Crippen molar-refractivity contribution in [1.29, 1.82) is 0 Å².